The molecule has 0 radical (unpaired) electrons. The SMILES string of the molecule is CN(CC1CCCCC1)C(=O)[C@H](N)c1ccccc1. The van der Waals surface area contributed by atoms with Crippen LogP contribution in [0.15, 0.2) is 30.3 Å². The van der Waals surface area contributed by atoms with Gasteiger partial charge in [0.15, 0.2) is 0 Å². The van der Waals surface area contributed by atoms with Crippen LogP contribution in [0.3, 0.4) is 0 Å². The molecule has 0 heterocycles. The van der Waals surface area contributed by atoms with Gasteiger partial charge in [-0.05, 0) is 24.3 Å². The molecule has 2 N–H and O–H groups in total. The third-order valence-corrected chi connectivity index (χ3v) is 4.06. The Bertz CT molecular complexity index is 398. The standard InChI is InChI=1S/C16H24N2O/c1-18(12-13-8-4-2-5-9-13)16(19)15(17)14-10-6-3-7-11-14/h3,6-7,10-11,13,15H,2,4-5,8-9,12,17H2,1H3/t15-/m1/s1. The van der Waals surface area contributed by atoms with Crippen LogP contribution < -0.4 is 5.73 Å². The van der Waals surface area contributed by atoms with E-state index in [-0.39, 0.29) is 5.91 Å². The molecule has 1 amide bonds. The molecule has 2 rings (SSSR count). The minimum absolute atomic E-state index is 0.0248. The molecule has 0 unspecified atom stereocenters. The summed E-state index contributed by atoms with van der Waals surface area (Å²) in [4.78, 5) is 14.1. The summed E-state index contributed by atoms with van der Waals surface area (Å²) in [5, 5.41) is 0. The van der Waals surface area contributed by atoms with Crippen molar-refractivity contribution < 1.29 is 4.79 Å². The van der Waals surface area contributed by atoms with Gasteiger partial charge in [0.05, 0.1) is 0 Å². The number of carbonyl (C=O) groups excluding carboxylic acids is 1. The Labute approximate surface area is 115 Å². The topological polar surface area (TPSA) is 46.3 Å². The van der Waals surface area contributed by atoms with Gasteiger partial charge in [-0.3, -0.25) is 4.79 Å². The van der Waals surface area contributed by atoms with Crippen molar-refractivity contribution in [1.29, 1.82) is 0 Å². The molecule has 1 aromatic carbocycles. The zero-order chi connectivity index (χ0) is 13.7. The summed E-state index contributed by atoms with van der Waals surface area (Å²) in [6, 6.07) is 9.07. The molecule has 1 aliphatic carbocycles. The Kier molecular flexibility index (Phi) is 4.97. The van der Waals surface area contributed by atoms with Gasteiger partial charge in [-0.25, -0.2) is 0 Å². The van der Waals surface area contributed by atoms with E-state index in [1.807, 2.05) is 42.3 Å². The van der Waals surface area contributed by atoms with Gasteiger partial charge in [0.25, 0.3) is 0 Å². The highest BCUT2D eigenvalue weighted by Gasteiger charge is 2.23. The third kappa shape index (κ3) is 3.80. The first-order valence-corrected chi connectivity index (χ1v) is 7.24. The summed E-state index contributed by atoms with van der Waals surface area (Å²) in [5.41, 5.74) is 6.95. The lowest BCUT2D eigenvalue weighted by Gasteiger charge is -2.28. The predicted octanol–water partition coefficient (Wildman–Crippen LogP) is 2.73. The Morgan fingerprint density at radius 1 is 1.26 bits per heavy atom. The number of benzene rings is 1. The van der Waals surface area contributed by atoms with E-state index < -0.39 is 6.04 Å². The van der Waals surface area contributed by atoms with E-state index in [2.05, 4.69) is 0 Å². The van der Waals surface area contributed by atoms with Crippen molar-refractivity contribution in [1.82, 2.24) is 4.90 Å². The summed E-state index contributed by atoms with van der Waals surface area (Å²) in [6.45, 7) is 0.847. The molecule has 1 aliphatic rings. The Morgan fingerprint density at radius 3 is 2.53 bits per heavy atom. The first kappa shape index (κ1) is 14.1. The molecule has 19 heavy (non-hydrogen) atoms. The molecule has 3 nitrogen and oxygen atoms in total. The lowest BCUT2D eigenvalue weighted by Crippen LogP contribution is -2.39. The average Bonchev–Trinajstić information content (AvgIpc) is 2.47. The number of likely N-dealkylation sites (N-methyl/N-ethyl adjacent to an activating group) is 1. The number of amides is 1. The fourth-order valence-corrected chi connectivity index (χ4v) is 2.89. The maximum absolute atomic E-state index is 12.3. The second kappa shape index (κ2) is 6.71. The number of rotatable bonds is 4. The Morgan fingerprint density at radius 2 is 1.89 bits per heavy atom. The predicted molar refractivity (Wildman–Crippen MR) is 77.6 cm³/mol. The average molecular weight is 260 g/mol. The summed E-state index contributed by atoms with van der Waals surface area (Å²) >= 11 is 0. The molecule has 0 spiro atoms. The molecule has 0 aliphatic heterocycles. The lowest BCUT2D eigenvalue weighted by atomic mass is 9.89. The van der Waals surface area contributed by atoms with Gasteiger partial charge in [-0.1, -0.05) is 49.6 Å². The van der Waals surface area contributed by atoms with Crippen molar-refractivity contribution in [3.8, 4) is 0 Å². The number of hydrogen-bond acceptors (Lipinski definition) is 2. The first-order valence-electron chi connectivity index (χ1n) is 7.24. The van der Waals surface area contributed by atoms with Crippen LogP contribution in [0.2, 0.25) is 0 Å². The van der Waals surface area contributed by atoms with E-state index in [1.165, 1.54) is 32.1 Å². The number of carbonyl (C=O) groups is 1. The van der Waals surface area contributed by atoms with Gasteiger partial charge >= 0.3 is 0 Å². The van der Waals surface area contributed by atoms with Crippen LogP contribution in [-0.2, 0) is 4.79 Å². The van der Waals surface area contributed by atoms with Crippen LogP contribution >= 0.6 is 0 Å². The molecule has 0 aromatic heterocycles. The van der Waals surface area contributed by atoms with Gasteiger partial charge in [0.2, 0.25) is 5.91 Å². The molecule has 1 aromatic rings. The molecular formula is C16H24N2O. The largest absolute Gasteiger partial charge is 0.344 e. The second-order valence-electron chi connectivity index (χ2n) is 5.61. The van der Waals surface area contributed by atoms with Gasteiger partial charge in [-0.15, -0.1) is 0 Å². The minimum atomic E-state index is -0.533. The first-order chi connectivity index (χ1) is 9.18. The Balaban J connectivity index is 1.91. The third-order valence-electron chi connectivity index (χ3n) is 4.06. The molecule has 1 atom stereocenters. The van der Waals surface area contributed by atoms with Gasteiger partial charge in [-0.2, -0.15) is 0 Å². The van der Waals surface area contributed by atoms with Gasteiger partial charge in [0, 0.05) is 13.6 Å². The maximum atomic E-state index is 12.3. The van der Waals surface area contributed by atoms with Crippen molar-refractivity contribution in [3.63, 3.8) is 0 Å². The van der Waals surface area contributed by atoms with Crippen LogP contribution in [0.5, 0.6) is 0 Å². The maximum Gasteiger partial charge on any atom is 0.243 e. The van der Waals surface area contributed by atoms with E-state index in [0.29, 0.717) is 5.92 Å². The van der Waals surface area contributed by atoms with Crippen LogP contribution in [0, 0.1) is 5.92 Å². The lowest BCUT2D eigenvalue weighted by molar-refractivity contribution is -0.132. The summed E-state index contributed by atoms with van der Waals surface area (Å²) in [5.74, 6) is 0.683. The van der Waals surface area contributed by atoms with E-state index in [9.17, 15) is 4.79 Å². The zero-order valence-corrected chi connectivity index (χ0v) is 11.7. The van der Waals surface area contributed by atoms with Crippen molar-refractivity contribution >= 4 is 5.91 Å². The highest BCUT2D eigenvalue weighted by Crippen LogP contribution is 2.24. The van der Waals surface area contributed by atoms with E-state index in [1.54, 1.807) is 0 Å². The van der Waals surface area contributed by atoms with E-state index >= 15 is 0 Å². The monoisotopic (exact) mass is 260 g/mol. The highest BCUT2D eigenvalue weighted by molar-refractivity contribution is 5.82. The second-order valence-corrected chi connectivity index (χ2v) is 5.61. The fourth-order valence-electron chi connectivity index (χ4n) is 2.89. The van der Waals surface area contributed by atoms with Crippen LogP contribution in [0.4, 0.5) is 0 Å². The van der Waals surface area contributed by atoms with Crippen LogP contribution in [0.1, 0.15) is 43.7 Å². The molecular weight excluding hydrogens is 236 g/mol. The quantitative estimate of drug-likeness (QED) is 0.904. The number of hydrogen-bond donors (Lipinski definition) is 1. The number of nitrogens with two attached hydrogens (primary N) is 1. The molecule has 1 fully saturated rings. The van der Waals surface area contributed by atoms with E-state index in [0.717, 1.165) is 12.1 Å². The van der Waals surface area contributed by atoms with Crippen molar-refractivity contribution in [2.75, 3.05) is 13.6 Å². The van der Waals surface area contributed by atoms with Crippen molar-refractivity contribution in [2.24, 2.45) is 11.7 Å². The smallest absolute Gasteiger partial charge is 0.243 e. The van der Waals surface area contributed by atoms with Gasteiger partial charge in [0.1, 0.15) is 6.04 Å². The number of nitrogens with zero attached hydrogens (tertiary/aromatic N) is 1. The van der Waals surface area contributed by atoms with Crippen molar-refractivity contribution in [2.45, 2.75) is 38.1 Å². The summed E-state index contributed by atoms with van der Waals surface area (Å²) in [7, 11) is 1.87. The Hall–Kier alpha value is -1.35. The van der Waals surface area contributed by atoms with Crippen LogP contribution in [0.25, 0.3) is 0 Å². The molecule has 3 heteroatoms. The fraction of sp³-hybridized carbons (Fsp3) is 0.562. The van der Waals surface area contributed by atoms with E-state index in [4.69, 9.17) is 5.73 Å². The minimum Gasteiger partial charge on any atom is -0.344 e. The molecule has 0 bridgehead atoms. The van der Waals surface area contributed by atoms with Gasteiger partial charge < -0.3 is 10.6 Å². The zero-order valence-electron chi connectivity index (χ0n) is 11.7. The normalized spacial score (nSPS) is 18.0. The summed E-state index contributed by atoms with van der Waals surface area (Å²) in [6.07, 6.45) is 6.45. The molecule has 1 saturated carbocycles. The van der Waals surface area contributed by atoms with Crippen LogP contribution in [-0.4, -0.2) is 24.4 Å². The summed E-state index contributed by atoms with van der Waals surface area (Å²) < 4.78 is 0. The van der Waals surface area contributed by atoms with Crippen molar-refractivity contribution in [3.05, 3.63) is 35.9 Å². The highest BCUT2D eigenvalue weighted by atomic mass is 16.2. The molecule has 104 valence electrons. The molecule has 0 saturated heterocycles.